The van der Waals surface area contributed by atoms with Gasteiger partial charge in [-0.25, -0.2) is 0 Å². The summed E-state index contributed by atoms with van der Waals surface area (Å²) in [7, 11) is 0. The van der Waals surface area contributed by atoms with Gasteiger partial charge in [0.15, 0.2) is 0 Å². The average Bonchev–Trinajstić information content (AvgIpc) is 2.55. The van der Waals surface area contributed by atoms with Gasteiger partial charge in [-0.2, -0.15) is 5.10 Å². The predicted octanol–water partition coefficient (Wildman–Crippen LogP) is 1.36. The van der Waals surface area contributed by atoms with E-state index in [1.165, 1.54) is 12.8 Å². The first-order valence-electron chi connectivity index (χ1n) is 4.12. The van der Waals surface area contributed by atoms with Crippen LogP contribution < -0.4 is 5.73 Å². The second-order valence-electron chi connectivity index (χ2n) is 3.15. The summed E-state index contributed by atoms with van der Waals surface area (Å²) in [5.74, 6) is 0. The van der Waals surface area contributed by atoms with Gasteiger partial charge in [0.1, 0.15) is 0 Å². The van der Waals surface area contributed by atoms with E-state index in [1.54, 1.807) is 0 Å². The van der Waals surface area contributed by atoms with E-state index in [4.69, 9.17) is 5.73 Å². The Morgan fingerprint density at radius 3 is 2.75 bits per heavy atom. The van der Waals surface area contributed by atoms with Crippen LogP contribution >= 0.6 is 12.4 Å². The zero-order chi connectivity index (χ0) is 7.68. The molecular formula is C8H14ClN3. The van der Waals surface area contributed by atoms with E-state index in [2.05, 4.69) is 5.10 Å². The Balaban J connectivity index is 0.000000720. The van der Waals surface area contributed by atoms with E-state index in [-0.39, 0.29) is 12.4 Å². The van der Waals surface area contributed by atoms with Crippen molar-refractivity contribution < 1.29 is 0 Å². The molecule has 1 aliphatic rings. The van der Waals surface area contributed by atoms with E-state index < -0.39 is 0 Å². The molecule has 0 unspecified atom stereocenters. The molecule has 0 bridgehead atoms. The van der Waals surface area contributed by atoms with E-state index in [1.807, 2.05) is 23.1 Å². The molecule has 2 atom stereocenters. The first kappa shape index (κ1) is 9.55. The predicted molar refractivity (Wildman–Crippen MR) is 50.3 cm³/mol. The molecule has 0 saturated heterocycles. The molecule has 1 aliphatic carbocycles. The van der Waals surface area contributed by atoms with Crippen LogP contribution in [0.15, 0.2) is 18.5 Å². The van der Waals surface area contributed by atoms with Crippen LogP contribution in [0.1, 0.15) is 25.3 Å². The van der Waals surface area contributed by atoms with Crippen molar-refractivity contribution in [1.82, 2.24) is 9.78 Å². The van der Waals surface area contributed by atoms with Gasteiger partial charge in [-0.05, 0) is 25.3 Å². The van der Waals surface area contributed by atoms with E-state index >= 15 is 0 Å². The summed E-state index contributed by atoms with van der Waals surface area (Å²) in [6.45, 7) is 0. The largest absolute Gasteiger partial charge is 0.326 e. The van der Waals surface area contributed by atoms with Gasteiger partial charge in [-0.15, -0.1) is 12.4 Å². The molecule has 4 heteroatoms. The molecule has 3 nitrogen and oxygen atoms in total. The van der Waals surface area contributed by atoms with Crippen LogP contribution in [0.25, 0.3) is 0 Å². The number of nitrogens with zero attached hydrogens (tertiary/aromatic N) is 2. The summed E-state index contributed by atoms with van der Waals surface area (Å²) < 4.78 is 1.98. The van der Waals surface area contributed by atoms with Gasteiger partial charge in [-0.1, -0.05) is 0 Å². The van der Waals surface area contributed by atoms with Crippen molar-refractivity contribution in [2.45, 2.75) is 31.3 Å². The van der Waals surface area contributed by atoms with Crippen LogP contribution in [-0.2, 0) is 0 Å². The summed E-state index contributed by atoms with van der Waals surface area (Å²) in [6, 6.07) is 2.71. The quantitative estimate of drug-likeness (QED) is 0.722. The van der Waals surface area contributed by atoms with Gasteiger partial charge >= 0.3 is 0 Å². The molecule has 68 valence electrons. The fourth-order valence-corrected chi connectivity index (χ4v) is 1.77. The molecule has 0 amide bonds. The molecule has 2 N–H and O–H groups in total. The Bertz CT molecular complexity index is 222. The topological polar surface area (TPSA) is 43.8 Å². The molecule has 1 saturated carbocycles. The summed E-state index contributed by atoms with van der Waals surface area (Å²) >= 11 is 0. The van der Waals surface area contributed by atoms with E-state index in [0.29, 0.717) is 12.1 Å². The number of halogens is 1. The normalized spacial score (nSPS) is 28.4. The maximum atomic E-state index is 5.91. The minimum atomic E-state index is 0. The third kappa shape index (κ3) is 1.62. The maximum Gasteiger partial charge on any atom is 0.0670 e. The highest BCUT2D eigenvalue weighted by Crippen LogP contribution is 2.27. The molecule has 1 aromatic heterocycles. The van der Waals surface area contributed by atoms with Crippen LogP contribution in [0, 0.1) is 0 Å². The first-order valence-corrected chi connectivity index (χ1v) is 4.12. The molecule has 0 spiro atoms. The first-order chi connectivity index (χ1) is 5.38. The third-order valence-corrected chi connectivity index (χ3v) is 2.40. The highest BCUT2D eigenvalue weighted by atomic mass is 35.5. The number of hydrogen-bond donors (Lipinski definition) is 1. The Hall–Kier alpha value is -0.540. The molecule has 1 aromatic rings. The minimum Gasteiger partial charge on any atom is -0.326 e. The van der Waals surface area contributed by atoms with E-state index in [0.717, 1.165) is 6.42 Å². The fraction of sp³-hybridized carbons (Fsp3) is 0.625. The van der Waals surface area contributed by atoms with Crippen LogP contribution in [0.2, 0.25) is 0 Å². The van der Waals surface area contributed by atoms with Gasteiger partial charge in [0.25, 0.3) is 0 Å². The van der Waals surface area contributed by atoms with Crippen LogP contribution in [0.3, 0.4) is 0 Å². The molecule has 1 heterocycles. The average molecular weight is 188 g/mol. The Labute approximate surface area is 78.4 Å². The molecule has 12 heavy (non-hydrogen) atoms. The van der Waals surface area contributed by atoms with E-state index in [9.17, 15) is 0 Å². The van der Waals surface area contributed by atoms with Crippen molar-refractivity contribution in [2.75, 3.05) is 0 Å². The Morgan fingerprint density at radius 2 is 2.25 bits per heavy atom. The van der Waals surface area contributed by atoms with Crippen molar-refractivity contribution in [3.63, 3.8) is 0 Å². The highest BCUT2D eigenvalue weighted by Gasteiger charge is 2.25. The van der Waals surface area contributed by atoms with Gasteiger partial charge in [-0.3, -0.25) is 4.68 Å². The van der Waals surface area contributed by atoms with Gasteiger partial charge in [0, 0.05) is 18.4 Å². The zero-order valence-electron chi connectivity index (χ0n) is 6.89. The lowest BCUT2D eigenvalue weighted by Crippen LogP contribution is -2.27. The Kier molecular flexibility index (Phi) is 3.12. The lowest BCUT2D eigenvalue weighted by atomic mass is 10.2. The lowest BCUT2D eigenvalue weighted by molar-refractivity contribution is 0.422. The maximum absolute atomic E-state index is 5.91. The number of aromatic nitrogens is 2. The Morgan fingerprint density at radius 1 is 1.42 bits per heavy atom. The lowest BCUT2D eigenvalue weighted by Gasteiger charge is -2.15. The van der Waals surface area contributed by atoms with Crippen molar-refractivity contribution in [2.24, 2.45) is 5.73 Å². The molecular weight excluding hydrogens is 174 g/mol. The molecule has 0 aromatic carbocycles. The summed E-state index contributed by atoms with van der Waals surface area (Å²) in [5, 5.41) is 4.19. The minimum absolute atomic E-state index is 0. The van der Waals surface area contributed by atoms with Crippen LogP contribution in [0.5, 0.6) is 0 Å². The summed E-state index contributed by atoms with van der Waals surface area (Å²) in [6.07, 6.45) is 7.37. The van der Waals surface area contributed by atoms with Crippen molar-refractivity contribution in [3.8, 4) is 0 Å². The zero-order valence-corrected chi connectivity index (χ0v) is 7.70. The van der Waals surface area contributed by atoms with Crippen LogP contribution in [0.4, 0.5) is 0 Å². The van der Waals surface area contributed by atoms with Gasteiger partial charge in [0.2, 0.25) is 0 Å². The molecule has 2 rings (SSSR count). The summed E-state index contributed by atoms with van der Waals surface area (Å²) in [4.78, 5) is 0. The molecule has 0 aliphatic heterocycles. The molecule has 1 fully saturated rings. The van der Waals surface area contributed by atoms with Gasteiger partial charge < -0.3 is 5.73 Å². The second kappa shape index (κ2) is 3.92. The number of nitrogens with two attached hydrogens (primary N) is 1. The number of rotatable bonds is 1. The third-order valence-electron chi connectivity index (χ3n) is 2.40. The smallest absolute Gasteiger partial charge is 0.0670 e. The number of hydrogen-bond acceptors (Lipinski definition) is 2. The monoisotopic (exact) mass is 187 g/mol. The van der Waals surface area contributed by atoms with Gasteiger partial charge in [0.05, 0.1) is 6.04 Å². The second-order valence-corrected chi connectivity index (χ2v) is 3.15. The standard InChI is InChI=1S/C8H13N3.ClH/c9-7-3-1-4-8(7)11-6-2-5-10-11;/h2,5-8H,1,3-4,9H2;1H/t7-,8-;/m1./s1. The SMILES string of the molecule is Cl.N[C@@H]1CCC[C@H]1n1cccn1. The van der Waals surface area contributed by atoms with Crippen molar-refractivity contribution in [1.29, 1.82) is 0 Å². The molecule has 0 radical (unpaired) electrons. The highest BCUT2D eigenvalue weighted by molar-refractivity contribution is 5.85. The summed E-state index contributed by atoms with van der Waals surface area (Å²) in [5.41, 5.74) is 5.91. The fourth-order valence-electron chi connectivity index (χ4n) is 1.77. The van der Waals surface area contributed by atoms with Crippen molar-refractivity contribution in [3.05, 3.63) is 18.5 Å². The van der Waals surface area contributed by atoms with Crippen molar-refractivity contribution >= 4 is 12.4 Å². The van der Waals surface area contributed by atoms with Crippen LogP contribution in [-0.4, -0.2) is 15.8 Å².